The van der Waals surface area contributed by atoms with E-state index in [1.807, 2.05) is 0 Å². The summed E-state index contributed by atoms with van der Waals surface area (Å²) in [6, 6.07) is -3.67. The highest BCUT2D eigenvalue weighted by atomic mass is 16.7. The topological polar surface area (TPSA) is 350 Å². The van der Waals surface area contributed by atoms with Gasteiger partial charge in [-0.3, -0.25) is 4.79 Å². The number of amides is 1. The van der Waals surface area contributed by atoms with E-state index in [4.69, 9.17) is 41.3 Å². The molecule has 1 saturated carbocycles. The summed E-state index contributed by atoms with van der Waals surface area (Å²) in [5.41, 5.74) is 16.6. The summed E-state index contributed by atoms with van der Waals surface area (Å²) >= 11 is 0. The lowest BCUT2D eigenvalue weighted by Crippen LogP contribution is -2.70. The first-order valence-electron chi connectivity index (χ1n) is 16.1. The SMILES string of the molecule is CN[C@@H]1[C@@H](O)[C@@H](O[C@@H]2[C@@H](O)[C@H](O[C@H]3O[C@H](CNCC(O)C(O)CO)CC[C@H]3N)[C@@H](N)C[C@H]2NC(=O)[C@@H](O)[C@@H](O)[C@@H](O)CN)OC[C@]1(C)O. The highest BCUT2D eigenvalue weighted by molar-refractivity contribution is 5.81. The molecule has 2 heterocycles. The molecule has 48 heavy (non-hydrogen) atoms. The standard InChI is InChI=1S/C28H56N6O14/c1-28(44)10-45-27(21(42)24(28)32-2)48-23-14(34-25(43)19(40)18(39)15(36)6-29)5-13(31)22(20(23)41)47-26-12(30)4-3-11(46-26)7-33-8-16(37)17(38)9-35/h11-24,26-27,32-33,35-42,44H,3-10,29-31H2,1-2H3,(H,34,43)/t11-,12+,13-,14+,15-,16?,17?,18-,19-,20-,21+,22+,23-,24+,26+,27+,28-/m0/s1. The third kappa shape index (κ3) is 10.2. The molecule has 20 nitrogen and oxygen atoms in total. The summed E-state index contributed by atoms with van der Waals surface area (Å²) < 4.78 is 23.8. The van der Waals surface area contributed by atoms with Crippen molar-refractivity contribution in [1.82, 2.24) is 16.0 Å². The van der Waals surface area contributed by atoms with Gasteiger partial charge in [0, 0.05) is 25.7 Å². The Balaban J connectivity index is 1.77. The molecule has 2 unspecified atom stereocenters. The van der Waals surface area contributed by atoms with Crippen molar-refractivity contribution in [2.45, 2.75) is 130 Å². The molecule has 18 N–H and O–H groups in total. The van der Waals surface area contributed by atoms with Crippen LogP contribution in [-0.2, 0) is 23.7 Å². The van der Waals surface area contributed by atoms with Crippen molar-refractivity contribution >= 4 is 5.91 Å². The molecule has 0 bridgehead atoms. The second-order valence-electron chi connectivity index (χ2n) is 13.1. The summed E-state index contributed by atoms with van der Waals surface area (Å²) in [6.45, 7) is 0.365. The summed E-state index contributed by atoms with van der Waals surface area (Å²) in [5, 5.41) is 100. The van der Waals surface area contributed by atoms with Crippen LogP contribution in [0.1, 0.15) is 26.2 Å². The molecule has 3 fully saturated rings. The molecule has 0 radical (unpaired) electrons. The number of hydrogen-bond donors (Lipinski definition) is 15. The highest BCUT2D eigenvalue weighted by Gasteiger charge is 2.52. The monoisotopic (exact) mass is 700 g/mol. The fourth-order valence-electron chi connectivity index (χ4n) is 6.19. The van der Waals surface area contributed by atoms with Gasteiger partial charge in [0.1, 0.15) is 42.2 Å². The van der Waals surface area contributed by atoms with Crippen molar-refractivity contribution in [2.75, 3.05) is 39.9 Å². The number of aliphatic hydroxyl groups is 9. The van der Waals surface area contributed by atoms with Crippen molar-refractivity contribution in [3.8, 4) is 0 Å². The maximum atomic E-state index is 12.9. The largest absolute Gasteiger partial charge is 0.394 e. The minimum atomic E-state index is -2.11. The lowest BCUT2D eigenvalue weighted by molar-refractivity contribution is -0.307. The molecule has 282 valence electrons. The van der Waals surface area contributed by atoms with E-state index in [1.165, 1.54) is 14.0 Å². The maximum Gasteiger partial charge on any atom is 0.251 e. The van der Waals surface area contributed by atoms with Gasteiger partial charge < -0.3 is 98.1 Å². The number of nitrogens with one attached hydrogen (secondary N) is 3. The van der Waals surface area contributed by atoms with Gasteiger partial charge in [-0.15, -0.1) is 0 Å². The fraction of sp³-hybridized carbons (Fsp3) is 0.964. The van der Waals surface area contributed by atoms with Crippen molar-refractivity contribution in [2.24, 2.45) is 17.2 Å². The first-order chi connectivity index (χ1) is 22.6. The zero-order chi connectivity index (χ0) is 35.9. The predicted octanol–water partition coefficient (Wildman–Crippen LogP) is -8.43. The van der Waals surface area contributed by atoms with Crippen LogP contribution in [0.15, 0.2) is 0 Å². The Morgan fingerprint density at radius 2 is 1.65 bits per heavy atom. The Hall–Kier alpha value is -1.25. The molecule has 3 rings (SSSR count). The second-order valence-corrected chi connectivity index (χ2v) is 13.1. The van der Waals surface area contributed by atoms with Crippen molar-refractivity contribution in [1.29, 1.82) is 0 Å². The third-order valence-electron chi connectivity index (χ3n) is 9.15. The van der Waals surface area contributed by atoms with E-state index < -0.39 is 122 Å². The molecule has 20 heteroatoms. The Labute approximate surface area is 278 Å². The van der Waals surface area contributed by atoms with Crippen LogP contribution >= 0.6 is 0 Å². The number of ether oxygens (including phenoxy) is 4. The first kappa shape index (κ1) is 41.2. The van der Waals surface area contributed by atoms with Gasteiger partial charge in [-0.05, 0) is 33.2 Å². The quantitative estimate of drug-likeness (QED) is 0.0710. The van der Waals surface area contributed by atoms with Gasteiger partial charge in [-0.2, -0.15) is 0 Å². The smallest absolute Gasteiger partial charge is 0.251 e. The molecule has 0 aromatic heterocycles. The Morgan fingerprint density at radius 3 is 2.27 bits per heavy atom. The van der Waals surface area contributed by atoms with Crippen LogP contribution in [0.4, 0.5) is 0 Å². The number of carbonyl (C=O) groups is 1. The van der Waals surface area contributed by atoms with Crippen LogP contribution in [-0.4, -0.2) is 195 Å². The zero-order valence-corrected chi connectivity index (χ0v) is 27.2. The fourth-order valence-corrected chi connectivity index (χ4v) is 6.19. The van der Waals surface area contributed by atoms with Gasteiger partial charge in [0.25, 0.3) is 5.91 Å². The molecule has 0 aromatic carbocycles. The van der Waals surface area contributed by atoms with Crippen molar-refractivity contribution in [3.05, 3.63) is 0 Å². The third-order valence-corrected chi connectivity index (χ3v) is 9.15. The van der Waals surface area contributed by atoms with Crippen LogP contribution < -0.4 is 33.2 Å². The van der Waals surface area contributed by atoms with E-state index >= 15 is 0 Å². The molecule has 2 saturated heterocycles. The van der Waals surface area contributed by atoms with E-state index in [1.54, 1.807) is 0 Å². The van der Waals surface area contributed by atoms with Gasteiger partial charge in [-0.25, -0.2) is 0 Å². The molecular weight excluding hydrogens is 644 g/mol. The number of rotatable bonds is 16. The first-order valence-corrected chi connectivity index (χ1v) is 16.1. The molecular formula is C28H56N6O14. The van der Waals surface area contributed by atoms with Crippen LogP contribution in [0.25, 0.3) is 0 Å². The van der Waals surface area contributed by atoms with Crippen molar-refractivity contribution in [3.63, 3.8) is 0 Å². The van der Waals surface area contributed by atoms with Gasteiger partial charge in [-0.1, -0.05) is 0 Å². The van der Waals surface area contributed by atoms with E-state index in [2.05, 4.69) is 16.0 Å². The molecule has 2 aliphatic heterocycles. The summed E-state index contributed by atoms with van der Waals surface area (Å²) in [5.74, 6) is -1.13. The van der Waals surface area contributed by atoms with E-state index in [0.29, 0.717) is 12.8 Å². The average Bonchev–Trinajstić information content (AvgIpc) is 3.05. The second kappa shape index (κ2) is 18.3. The van der Waals surface area contributed by atoms with Gasteiger partial charge in [0.15, 0.2) is 18.7 Å². The maximum absolute atomic E-state index is 12.9. The number of aliphatic hydroxyl groups excluding tert-OH is 8. The molecule has 0 spiro atoms. The summed E-state index contributed by atoms with van der Waals surface area (Å²) in [4.78, 5) is 12.9. The number of nitrogens with two attached hydrogens (primary N) is 3. The Morgan fingerprint density at radius 1 is 0.979 bits per heavy atom. The minimum Gasteiger partial charge on any atom is -0.394 e. The molecule has 1 amide bonds. The minimum absolute atomic E-state index is 0.0205. The zero-order valence-electron chi connectivity index (χ0n) is 27.2. The molecule has 3 aliphatic rings. The number of likely N-dealkylation sites (N-methyl/N-ethyl adjacent to an activating group) is 1. The lowest BCUT2D eigenvalue weighted by Gasteiger charge is -2.49. The van der Waals surface area contributed by atoms with E-state index in [0.717, 1.165) is 0 Å². The van der Waals surface area contributed by atoms with Gasteiger partial charge in [0.05, 0.1) is 49.7 Å². The van der Waals surface area contributed by atoms with Crippen molar-refractivity contribution < 1.29 is 69.7 Å². The van der Waals surface area contributed by atoms with Gasteiger partial charge in [0.2, 0.25) is 0 Å². The molecule has 1 aliphatic carbocycles. The van der Waals surface area contributed by atoms with Crippen LogP contribution in [0, 0.1) is 0 Å². The normalized spacial score (nSPS) is 40.8. The lowest BCUT2D eigenvalue weighted by atomic mass is 9.83. The van der Waals surface area contributed by atoms with Crippen LogP contribution in [0.2, 0.25) is 0 Å². The molecule has 17 atom stereocenters. The van der Waals surface area contributed by atoms with E-state index in [9.17, 15) is 45.6 Å². The number of carbonyl (C=O) groups excluding carboxylic acids is 1. The summed E-state index contributed by atoms with van der Waals surface area (Å²) in [6.07, 6.45) is -15.9. The highest BCUT2D eigenvalue weighted by Crippen LogP contribution is 2.32. The van der Waals surface area contributed by atoms with Gasteiger partial charge >= 0.3 is 0 Å². The predicted molar refractivity (Wildman–Crippen MR) is 164 cm³/mol. The molecule has 0 aromatic rings. The Kier molecular flexibility index (Phi) is 15.7. The average molecular weight is 701 g/mol. The van der Waals surface area contributed by atoms with Crippen LogP contribution in [0.5, 0.6) is 0 Å². The van der Waals surface area contributed by atoms with Crippen LogP contribution in [0.3, 0.4) is 0 Å². The number of hydrogen-bond acceptors (Lipinski definition) is 19. The Bertz CT molecular complexity index is 991. The van der Waals surface area contributed by atoms with E-state index in [-0.39, 0.29) is 26.1 Å². The summed E-state index contributed by atoms with van der Waals surface area (Å²) in [7, 11) is 1.52.